The zero-order valence-corrected chi connectivity index (χ0v) is 12.0. The van der Waals surface area contributed by atoms with Gasteiger partial charge in [0.2, 0.25) is 0 Å². The first-order valence-electron chi connectivity index (χ1n) is 4.97. The van der Waals surface area contributed by atoms with Crippen LogP contribution in [0.3, 0.4) is 0 Å². The highest BCUT2D eigenvalue weighted by molar-refractivity contribution is 7.96. The van der Waals surface area contributed by atoms with E-state index in [4.69, 9.17) is 14.6 Å². The highest BCUT2D eigenvalue weighted by Crippen LogP contribution is 2.50. The fourth-order valence-corrected chi connectivity index (χ4v) is 3.29. The van der Waals surface area contributed by atoms with Crippen molar-refractivity contribution in [1.29, 1.82) is 0 Å². The molecule has 3 unspecified atom stereocenters. The Hall–Kier alpha value is 0.140. The van der Waals surface area contributed by atoms with Crippen LogP contribution in [0.1, 0.15) is 0 Å². The summed E-state index contributed by atoms with van der Waals surface area (Å²) < 4.78 is 30.2. The van der Waals surface area contributed by atoms with Crippen molar-refractivity contribution in [2.24, 2.45) is 0 Å². The number of aliphatic hydroxyl groups is 2. The van der Waals surface area contributed by atoms with Crippen LogP contribution >= 0.6 is 15.4 Å². The molecule has 0 bridgehead atoms. The third-order valence-electron chi connectivity index (χ3n) is 2.19. The lowest BCUT2D eigenvalue weighted by Gasteiger charge is -2.20. The molecule has 0 aromatic rings. The molecule has 0 amide bonds. The molecule has 3 N–H and O–H groups in total. The van der Waals surface area contributed by atoms with Crippen LogP contribution in [0, 0.1) is 0 Å². The van der Waals surface area contributed by atoms with Gasteiger partial charge < -0.3 is 29.4 Å². The van der Waals surface area contributed by atoms with Crippen molar-refractivity contribution in [3.63, 3.8) is 0 Å². The second-order valence-corrected chi connectivity index (χ2v) is 5.81. The molecular formula is C7H12O9P2S. The molecule has 5 atom stereocenters. The zero-order chi connectivity index (χ0) is 14.5. The molecule has 0 aromatic heterocycles. The molecule has 0 aromatic carbocycles. The number of phosphoric ester groups is 1. The van der Waals surface area contributed by atoms with Crippen LogP contribution in [0.15, 0.2) is 0 Å². The Kier molecular flexibility index (Phi) is 7.06. The minimum absolute atomic E-state index is 0.253. The molecule has 12 heteroatoms. The molecule has 1 heterocycles. The van der Waals surface area contributed by atoms with E-state index in [2.05, 4.69) is 20.6 Å². The first kappa shape index (κ1) is 17.2. The maximum absolute atomic E-state index is 11.4. The zero-order valence-electron chi connectivity index (χ0n) is 9.39. The lowest BCUT2D eigenvalue weighted by molar-refractivity contribution is -0.169. The summed E-state index contributed by atoms with van der Waals surface area (Å²) >= 11 is 4.34. The van der Waals surface area contributed by atoms with Crippen LogP contribution in [0.5, 0.6) is 0 Å². The highest BCUT2D eigenvalue weighted by Gasteiger charge is 2.48. The van der Waals surface area contributed by atoms with Gasteiger partial charge in [-0.2, -0.15) is 0 Å². The van der Waals surface area contributed by atoms with Crippen LogP contribution < -0.4 is 0 Å². The van der Waals surface area contributed by atoms with Crippen molar-refractivity contribution in [3.8, 4) is 0 Å². The summed E-state index contributed by atoms with van der Waals surface area (Å²) in [7, 11) is -4.73. The largest absolute Gasteiger partial charge is 0.481 e. The lowest BCUT2D eigenvalue weighted by Crippen LogP contribution is -2.36. The van der Waals surface area contributed by atoms with Crippen molar-refractivity contribution < 1.29 is 42.8 Å². The number of carbonyl (C=O) groups is 1. The van der Waals surface area contributed by atoms with Gasteiger partial charge in [0.15, 0.2) is 6.29 Å². The Labute approximate surface area is 115 Å². The smallest absolute Gasteiger partial charge is 0.394 e. The van der Waals surface area contributed by atoms with Gasteiger partial charge in [-0.15, -0.1) is 0 Å². The van der Waals surface area contributed by atoms with E-state index in [9.17, 15) is 19.4 Å². The van der Waals surface area contributed by atoms with Gasteiger partial charge >= 0.3 is 7.82 Å². The molecule has 1 aliphatic heterocycles. The predicted octanol–water partition coefficient (Wildman–Crippen LogP) is -0.895. The Morgan fingerprint density at radius 3 is 2.74 bits per heavy atom. The Bertz CT molecular complexity index is 366. The quantitative estimate of drug-likeness (QED) is 0.379. The first-order valence-corrected chi connectivity index (χ1v) is 8.29. The van der Waals surface area contributed by atoms with E-state index in [1.165, 1.54) is 0 Å². The third-order valence-corrected chi connectivity index (χ3v) is 4.39. The summed E-state index contributed by atoms with van der Waals surface area (Å²) in [5.74, 6) is 0. The molecule has 0 saturated carbocycles. The standard InChI is InChI=1S/C7H12O9P2S/c8-1-2-13-7-5(10)6(4(3-9)14-7)15-18(11,12)16-17-19/h1,4-7,9-10H,2-3H2,(H,11,12)/t4-,5?,6?,7-/m1/s1. The number of ether oxygens (including phenoxy) is 2. The third kappa shape index (κ3) is 4.87. The number of hydrogen-bond donors (Lipinski definition) is 3. The second kappa shape index (κ2) is 7.80. The summed E-state index contributed by atoms with van der Waals surface area (Å²) in [5.41, 5.74) is 0. The average molecular weight is 334 g/mol. The Balaban J connectivity index is 2.71. The minimum Gasteiger partial charge on any atom is -0.394 e. The van der Waals surface area contributed by atoms with E-state index in [1.54, 1.807) is 0 Å². The SMILES string of the molecule is O=CCO[C@@H]1O[C@H](CO)C(OP(=O)(O)OP=S)C1O. The maximum atomic E-state index is 11.4. The number of aldehydes is 1. The fraction of sp³-hybridized carbons (Fsp3) is 0.857. The molecular weight excluding hydrogens is 322 g/mol. The number of hydrogen-bond acceptors (Lipinski definition) is 9. The summed E-state index contributed by atoms with van der Waals surface area (Å²) in [6.07, 6.45) is -4.74. The van der Waals surface area contributed by atoms with Gasteiger partial charge in [-0.1, -0.05) is 0 Å². The topological polar surface area (TPSA) is 132 Å². The van der Waals surface area contributed by atoms with Crippen LogP contribution in [-0.4, -0.2) is 59.2 Å². The summed E-state index contributed by atoms with van der Waals surface area (Å²) in [5, 5.41) is 18.8. The van der Waals surface area contributed by atoms with E-state index in [0.29, 0.717) is 6.29 Å². The Morgan fingerprint density at radius 1 is 1.53 bits per heavy atom. The van der Waals surface area contributed by atoms with Crippen LogP contribution in [0.4, 0.5) is 0 Å². The Morgan fingerprint density at radius 2 is 2.21 bits per heavy atom. The molecule has 1 aliphatic rings. The lowest BCUT2D eigenvalue weighted by atomic mass is 10.1. The van der Waals surface area contributed by atoms with Gasteiger partial charge in [0.1, 0.15) is 38.8 Å². The van der Waals surface area contributed by atoms with E-state index >= 15 is 0 Å². The van der Waals surface area contributed by atoms with Gasteiger partial charge in [-0.3, -0.25) is 4.52 Å². The van der Waals surface area contributed by atoms with Gasteiger partial charge in [0.25, 0.3) is 0 Å². The molecule has 0 aliphatic carbocycles. The van der Waals surface area contributed by atoms with Crippen molar-refractivity contribution >= 4 is 33.5 Å². The van der Waals surface area contributed by atoms with E-state index in [0.717, 1.165) is 0 Å². The van der Waals surface area contributed by atoms with Gasteiger partial charge in [0, 0.05) is 0 Å². The van der Waals surface area contributed by atoms with Gasteiger partial charge in [0.05, 0.1) is 6.61 Å². The normalized spacial score (nSPS) is 34.3. The molecule has 110 valence electrons. The molecule has 19 heavy (non-hydrogen) atoms. The van der Waals surface area contributed by atoms with Crippen molar-refractivity contribution in [3.05, 3.63) is 0 Å². The summed E-state index contributed by atoms with van der Waals surface area (Å²) in [6, 6.07) is 0. The molecule has 1 saturated heterocycles. The van der Waals surface area contributed by atoms with Gasteiger partial charge in [-0.25, -0.2) is 8.88 Å². The minimum atomic E-state index is -4.47. The van der Waals surface area contributed by atoms with E-state index in [-0.39, 0.29) is 14.2 Å². The summed E-state index contributed by atoms with van der Waals surface area (Å²) in [4.78, 5) is 19.4. The number of rotatable bonds is 8. The number of aliphatic hydroxyl groups excluding tert-OH is 2. The van der Waals surface area contributed by atoms with Crippen molar-refractivity contribution in [2.75, 3.05) is 13.2 Å². The predicted molar refractivity (Wildman–Crippen MR) is 63.8 cm³/mol. The average Bonchev–Trinajstić information content (AvgIpc) is 2.63. The number of carbonyl (C=O) groups excluding carboxylic acids is 1. The van der Waals surface area contributed by atoms with E-state index < -0.39 is 39.0 Å². The molecule has 1 rings (SSSR count). The monoisotopic (exact) mass is 334 g/mol. The summed E-state index contributed by atoms with van der Waals surface area (Å²) in [6.45, 7) is -0.932. The maximum Gasteiger partial charge on any atom is 0.481 e. The molecule has 1 fully saturated rings. The second-order valence-electron chi connectivity index (χ2n) is 3.41. The van der Waals surface area contributed by atoms with Crippen molar-refractivity contribution in [1.82, 2.24) is 0 Å². The fourth-order valence-electron chi connectivity index (χ4n) is 1.47. The first-order chi connectivity index (χ1) is 8.95. The van der Waals surface area contributed by atoms with Crippen molar-refractivity contribution in [2.45, 2.75) is 24.6 Å². The highest BCUT2D eigenvalue weighted by atomic mass is 32.4. The van der Waals surface area contributed by atoms with Gasteiger partial charge in [-0.05, 0) is 11.8 Å². The van der Waals surface area contributed by atoms with Crippen LogP contribution in [-0.2, 0) is 39.5 Å². The molecule has 0 radical (unpaired) electrons. The number of phosphoric acid groups is 1. The molecule has 9 nitrogen and oxygen atoms in total. The van der Waals surface area contributed by atoms with E-state index in [1.807, 2.05) is 0 Å². The van der Waals surface area contributed by atoms with Crippen LogP contribution in [0.2, 0.25) is 0 Å². The molecule has 0 spiro atoms. The van der Waals surface area contributed by atoms with Crippen LogP contribution in [0.25, 0.3) is 0 Å².